The molecule has 0 saturated carbocycles. The van der Waals surface area contributed by atoms with Gasteiger partial charge in [0.25, 0.3) is 5.91 Å². The van der Waals surface area contributed by atoms with Gasteiger partial charge in [0.1, 0.15) is 12.6 Å². The van der Waals surface area contributed by atoms with E-state index in [4.69, 9.17) is 24.7 Å². The third-order valence-corrected chi connectivity index (χ3v) is 4.09. The van der Waals surface area contributed by atoms with Crippen LogP contribution in [0.2, 0.25) is 0 Å². The second-order valence-electron chi connectivity index (χ2n) is 5.99. The molecular formula is C18H24N2O8. The minimum absolute atomic E-state index is 0.169. The van der Waals surface area contributed by atoms with E-state index in [2.05, 4.69) is 5.32 Å². The first-order valence-corrected chi connectivity index (χ1v) is 8.70. The Hall–Kier alpha value is -2.53. The van der Waals surface area contributed by atoms with Crippen LogP contribution < -0.4 is 11.1 Å². The number of benzene rings is 1. The number of rotatable bonds is 7. The predicted octanol–water partition coefficient (Wildman–Crippen LogP) is -1.05. The van der Waals surface area contributed by atoms with Gasteiger partial charge in [0.15, 0.2) is 18.5 Å². The summed E-state index contributed by atoms with van der Waals surface area (Å²) in [5.74, 6) is -2.08. The molecule has 0 bridgehead atoms. The molecule has 1 aliphatic rings. The molecule has 1 fully saturated rings. The second kappa shape index (κ2) is 10.1. The molecule has 0 aliphatic carbocycles. The molecule has 1 aromatic rings. The average molecular weight is 396 g/mol. The third kappa shape index (κ3) is 5.26. The van der Waals surface area contributed by atoms with E-state index in [1.807, 2.05) is 0 Å². The van der Waals surface area contributed by atoms with Crippen LogP contribution in [0.3, 0.4) is 0 Å². The molecule has 1 aliphatic heterocycles. The monoisotopic (exact) mass is 396 g/mol. The fourth-order valence-electron chi connectivity index (χ4n) is 2.66. The summed E-state index contributed by atoms with van der Waals surface area (Å²) in [6.07, 6.45) is -5.26. The molecule has 10 heteroatoms. The summed E-state index contributed by atoms with van der Waals surface area (Å²) < 4.78 is 20.6. The third-order valence-electron chi connectivity index (χ3n) is 4.09. The molecule has 0 unspecified atom stereocenters. The largest absolute Gasteiger partial charge is 0.465 e. The summed E-state index contributed by atoms with van der Waals surface area (Å²) in [5.41, 5.74) is 6.27. The average Bonchev–Trinajstić information content (AvgIpc) is 2.70. The Balaban J connectivity index is 2.03. The van der Waals surface area contributed by atoms with Crippen LogP contribution in [-0.2, 0) is 28.5 Å². The summed E-state index contributed by atoms with van der Waals surface area (Å²) in [7, 11) is 1.28. The van der Waals surface area contributed by atoms with Crippen LogP contribution in [0, 0.1) is 0 Å². The number of methoxy groups -OCH3 is 1. The van der Waals surface area contributed by atoms with Gasteiger partial charge in [-0.1, -0.05) is 18.2 Å². The van der Waals surface area contributed by atoms with Crippen molar-refractivity contribution in [2.24, 2.45) is 5.73 Å². The normalized spacial score (nSPS) is 26.9. The predicted molar refractivity (Wildman–Crippen MR) is 94.9 cm³/mol. The Morgan fingerprint density at radius 2 is 1.93 bits per heavy atom. The van der Waals surface area contributed by atoms with E-state index in [-0.39, 0.29) is 12.2 Å². The molecule has 2 rings (SSSR count). The molecule has 5 atom stereocenters. The van der Waals surface area contributed by atoms with Crippen molar-refractivity contribution in [1.29, 1.82) is 0 Å². The van der Waals surface area contributed by atoms with E-state index < -0.39 is 55.0 Å². The Morgan fingerprint density at radius 3 is 2.54 bits per heavy atom. The zero-order chi connectivity index (χ0) is 20.7. The fourth-order valence-corrected chi connectivity index (χ4v) is 2.66. The number of amides is 1. The lowest BCUT2D eigenvalue weighted by atomic mass is 9.96. The first-order chi connectivity index (χ1) is 13.4. The summed E-state index contributed by atoms with van der Waals surface area (Å²) >= 11 is 0. The number of ether oxygens (including phenoxy) is 4. The number of hydrogen-bond donors (Lipinski definition) is 3. The van der Waals surface area contributed by atoms with Crippen molar-refractivity contribution in [3.05, 3.63) is 35.9 Å². The van der Waals surface area contributed by atoms with Gasteiger partial charge in [-0.15, -0.1) is 0 Å². The highest BCUT2D eigenvalue weighted by Crippen LogP contribution is 2.24. The van der Waals surface area contributed by atoms with E-state index in [1.165, 1.54) is 7.11 Å². The Morgan fingerprint density at radius 1 is 1.25 bits per heavy atom. The Labute approximate surface area is 161 Å². The molecule has 154 valence electrons. The summed E-state index contributed by atoms with van der Waals surface area (Å²) in [5, 5.41) is 12.7. The van der Waals surface area contributed by atoms with E-state index >= 15 is 0 Å². The zero-order valence-electron chi connectivity index (χ0n) is 15.6. The lowest BCUT2D eigenvalue weighted by molar-refractivity contribution is -0.256. The molecule has 1 amide bonds. The van der Waals surface area contributed by atoms with Gasteiger partial charge in [0.2, 0.25) is 0 Å². The number of hydrogen-bond acceptors (Lipinski definition) is 9. The topological polar surface area (TPSA) is 146 Å². The lowest BCUT2D eigenvalue weighted by Gasteiger charge is -2.41. The van der Waals surface area contributed by atoms with Crippen molar-refractivity contribution in [3.63, 3.8) is 0 Å². The summed E-state index contributed by atoms with van der Waals surface area (Å²) in [4.78, 5) is 35.9. The molecule has 1 saturated heterocycles. The van der Waals surface area contributed by atoms with Gasteiger partial charge < -0.3 is 35.1 Å². The molecule has 28 heavy (non-hydrogen) atoms. The van der Waals surface area contributed by atoms with Crippen molar-refractivity contribution >= 4 is 17.8 Å². The summed E-state index contributed by atoms with van der Waals surface area (Å²) in [6.45, 7) is 1.41. The van der Waals surface area contributed by atoms with Crippen molar-refractivity contribution in [2.75, 3.05) is 20.3 Å². The molecule has 10 nitrogen and oxygen atoms in total. The van der Waals surface area contributed by atoms with Crippen LogP contribution in [0.1, 0.15) is 17.3 Å². The number of aliphatic hydroxyl groups is 1. The highest BCUT2D eigenvalue weighted by atomic mass is 16.7. The first-order valence-electron chi connectivity index (χ1n) is 8.70. The maximum absolute atomic E-state index is 12.3. The number of carbonyl (C=O) groups excluding carboxylic acids is 3. The number of nitrogens with one attached hydrogen (secondary N) is 1. The minimum Gasteiger partial charge on any atom is -0.465 e. The van der Waals surface area contributed by atoms with E-state index in [0.29, 0.717) is 0 Å². The molecular weight excluding hydrogens is 372 g/mol. The molecule has 4 N–H and O–H groups in total. The summed E-state index contributed by atoms with van der Waals surface area (Å²) in [6, 6.07) is 7.03. The second-order valence-corrected chi connectivity index (χ2v) is 5.99. The molecule has 0 aromatic heterocycles. The Bertz CT molecular complexity index is 681. The van der Waals surface area contributed by atoms with Gasteiger partial charge in [-0.2, -0.15) is 0 Å². The quantitative estimate of drug-likeness (QED) is 0.491. The smallest absolute Gasteiger partial charge is 0.338 e. The van der Waals surface area contributed by atoms with Crippen LogP contribution >= 0.6 is 0 Å². The zero-order valence-corrected chi connectivity index (χ0v) is 15.6. The SMILES string of the molecule is CCOC(=O)CNC(=O)[C@H]1O[C@H](OC)[C@H](OC(=O)c2ccccc2)[C@H](N)[C@@H]1O. The van der Waals surface area contributed by atoms with Gasteiger partial charge >= 0.3 is 11.9 Å². The van der Waals surface area contributed by atoms with Crippen LogP contribution in [0.4, 0.5) is 0 Å². The van der Waals surface area contributed by atoms with Crippen molar-refractivity contribution in [3.8, 4) is 0 Å². The van der Waals surface area contributed by atoms with Crippen molar-refractivity contribution < 1.29 is 38.4 Å². The van der Waals surface area contributed by atoms with Crippen LogP contribution in [0.5, 0.6) is 0 Å². The Kier molecular flexibility index (Phi) is 7.88. The molecule has 1 aromatic carbocycles. The van der Waals surface area contributed by atoms with Gasteiger partial charge in [-0.3, -0.25) is 9.59 Å². The maximum atomic E-state index is 12.3. The van der Waals surface area contributed by atoms with Crippen LogP contribution in [0.15, 0.2) is 30.3 Å². The van der Waals surface area contributed by atoms with E-state index in [1.54, 1.807) is 37.3 Å². The highest BCUT2D eigenvalue weighted by molar-refractivity contribution is 5.89. The minimum atomic E-state index is -1.50. The molecule has 0 spiro atoms. The van der Waals surface area contributed by atoms with Gasteiger partial charge in [-0.05, 0) is 19.1 Å². The lowest BCUT2D eigenvalue weighted by Crippen LogP contribution is -2.66. The van der Waals surface area contributed by atoms with Crippen LogP contribution in [-0.4, -0.2) is 73.9 Å². The van der Waals surface area contributed by atoms with Gasteiger partial charge in [0.05, 0.1) is 18.2 Å². The number of nitrogens with two attached hydrogens (primary N) is 1. The van der Waals surface area contributed by atoms with Gasteiger partial charge in [-0.25, -0.2) is 4.79 Å². The van der Waals surface area contributed by atoms with Crippen molar-refractivity contribution in [2.45, 2.75) is 37.6 Å². The molecule has 0 radical (unpaired) electrons. The van der Waals surface area contributed by atoms with Crippen LogP contribution in [0.25, 0.3) is 0 Å². The van der Waals surface area contributed by atoms with Crippen molar-refractivity contribution in [1.82, 2.24) is 5.32 Å². The maximum Gasteiger partial charge on any atom is 0.338 e. The highest BCUT2D eigenvalue weighted by Gasteiger charge is 2.48. The number of esters is 2. The number of aliphatic hydroxyl groups excluding tert-OH is 1. The first kappa shape index (κ1) is 21.8. The fraction of sp³-hybridized carbons (Fsp3) is 0.500. The van der Waals surface area contributed by atoms with E-state index in [0.717, 1.165) is 0 Å². The molecule has 1 heterocycles. The standard InChI is InChI=1S/C18H24N2O8/c1-3-26-11(21)9-20-16(23)15-13(22)12(19)14(18(25-2)28-15)27-17(24)10-7-5-4-6-8-10/h4-8,12-15,18,22H,3,9,19H2,1-2H3,(H,20,23)/t12-,13+,14-,15+,18+/m1/s1. The van der Waals surface area contributed by atoms with E-state index in [9.17, 15) is 19.5 Å². The number of carbonyl (C=O) groups is 3. The van der Waals surface area contributed by atoms with Gasteiger partial charge in [0, 0.05) is 7.11 Å².